The first kappa shape index (κ1) is 19.6. The molecular formula is C27H23NO2. The predicted molar refractivity (Wildman–Crippen MR) is 121 cm³/mol. The van der Waals surface area contributed by atoms with E-state index in [9.17, 15) is 9.90 Å². The zero-order valence-electron chi connectivity index (χ0n) is 16.7. The van der Waals surface area contributed by atoms with Gasteiger partial charge in [0.05, 0.1) is 0 Å². The molecule has 3 nitrogen and oxygen atoms in total. The lowest BCUT2D eigenvalue weighted by Crippen LogP contribution is -2.30. The maximum absolute atomic E-state index is 12.9. The first-order valence-corrected chi connectivity index (χ1v) is 9.90. The Labute approximate surface area is 176 Å². The molecule has 30 heavy (non-hydrogen) atoms. The lowest BCUT2D eigenvalue weighted by atomic mass is 9.79. The summed E-state index contributed by atoms with van der Waals surface area (Å²) in [5, 5.41) is 15.1. The number of aliphatic hydroxyl groups is 1. The summed E-state index contributed by atoms with van der Waals surface area (Å²) in [7, 11) is 0. The number of nitrogens with one attached hydrogen (secondary N) is 1. The van der Waals surface area contributed by atoms with Gasteiger partial charge in [-0.1, -0.05) is 96.6 Å². The van der Waals surface area contributed by atoms with Crippen LogP contribution >= 0.6 is 0 Å². The van der Waals surface area contributed by atoms with Gasteiger partial charge in [-0.3, -0.25) is 4.79 Å². The van der Waals surface area contributed by atoms with Gasteiger partial charge in [0.1, 0.15) is 5.60 Å². The summed E-state index contributed by atoms with van der Waals surface area (Å²) in [5.74, 6) is -0.217. The molecule has 0 unspecified atom stereocenters. The largest absolute Gasteiger partial charge is 0.376 e. The van der Waals surface area contributed by atoms with Crippen molar-refractivity contribution in [2.45, 2.75) is 12.5 Å². The summed E-state index contributed by atoms with van der Waals surface area (Å²) in [4.78, 5) is 12.9. The van der Waals surface area contributed by atoms with E-state index in [1.54, 1.807) is 12.1 Å². The van der Waals surface area contributed by atoms with E-state index < -0.39 is 5.60 Å². The first-order valence-electron chi connectivity index (χ1n) is 9.90. The van der Waals surface area contributed by atoms with Crippen molar-refractivity contribution in [3.8, 4) is 0 Å². The Morgan fingerprint density at radius 3 is 1.77 bits per heavy atom. The van der Waals surface area contributed by atoms with Crippen molar-refractivity contribution in [2.24, 2.45) is 0 Å². The van der Waals surface area contributed by atoms with Gasteiger partial charge in [-0.25, -0.2) is 0 Å². The van der Waals surface area contributed by atoms with E-state index >= 15 is 0 Å². The first-order chi connectivity index (χ1) is 14.6. The summed E-state index contributed by atoms with van der Waals surface area (Å²) in [6, 6.07) is 33.8. The van der Waals surface area contributed by atoms with Gasteiger partial charge in [-0.05, 0) is 36.2 Å². The molecule has 3 heteroatoms. The fraction of sp³-hybridized carbons (Fsp3) is 0.0741. The number of benzene rings is 4. The van der Waals surface area contributed by atoms with Crippen LogP contribution in [0.5, 0.6) is 0 Å². The average Bonchev–Trinajstić information content (AvgIpc) is 2.80. The van der Waals surface area contributed by atoms with Gasteiger partial charge in [-0.2, -0.15) is 0 Å². The fourth-order valence-corrected chi connectivity index (χ4v) is 3.64. The van der Waals surface area contributed by atoms with Crippen LogP contribution in [0.15, 0.2) is 109 Å². The molecule has 0 bridgehead atoms. The second kappa shape index (κ2) is 8.36. The number of para-hydroxylation sites is 1. The van der Waals surface area contributed by atoms with Gasteiger partial charge < -0.3 is 10.4 Å². The van der Waals surface area contributed by atoms with Gasteiger partial charge in [0.25, 0.3) is 5.91 Å². The van der Waals surface area contributed by atoms with Gasteiger partial charge in [-0.15, -0.1) is 0 Å². The number of hydrogen-bond acceptors (Lipinski definition) is 2. The lowest BCUT2D eigenvalue weighted by Gasteiger charge is -2.32. The monoisotopic (exact) mass is 393 g/mol. The SMILES string of the molecule is Cc1ccc(C(=O)Nc2ccccc2C(O)(c2ccccc2)c2ccccc2)cc1. The van der Waals surface area contributed by atoms with Crippen LogP contribution in [0.2, 0.25) is 0 Å². The van der Waals surface area contributed by atoms with E-state index in [0.29, 0.717) is 16.8 Å². The highest BCUT2D eigenvalue weighted by Gasteiger charge is 2.35. The van der Waals surface area contributed by atoms with E-state index in [2.05, 4.69) is 5.32 Å². The molecule has 4 aromatic carbocycles. The topological polar surface area (TPSA) is 49.3 Å². The van der Waals surface area contributed by atoms with Crippen LogP contribution < -0.4 is 5.32 Å². The smallest absolute Gasteiger partial charge is 0.255 e. The Kier molecular flexibility index (Phi) is 5.46. The summed E-state index contributed by atoms with van der Waals surface area (Å²) in [5.41, 5.74) is 2.88. The predicted octanol–water partition coefficient (Wildman–Crippen LogP) is 5.53. The summed E-state index contributed by atoms with van der Waals surface area (Å²) >= 11 is 0. The van der Waals surface area contributed by atoms with E-state index in [4.69, 9.17) is 0 Å². The molecule has 148 valence electrons. The van der Waals surface area contributed by atoms with E-state index in [1.165, 1.54) is 0 Å². The number of amides is 1. The summed E-state index contributed by atoms with van der Waals surface area (Å²) in [6.45, 7) is 1.98. The number of rotatable bonds is 5. The van der Waals surface area contributed by atoms with Crippen molar-refractivity contribution < 1.29 is 9.90 Å². The number of anilines is 1. The third kappa shape index (κ3) is 3.76. The van der Waals surface area contributed by atoms with Crippen molar-refractivity contribution in [1.82, 2.24) is 0 Å². The Balaban J connectivity index is 1.81. The maximum atomic E-state index is 12.9. The molecular weight excluding hydrogens is 370 g/mol. The highest BCUT2D eigenvalue weighted by molar-refractivity contribution is 6.04. The summed E-state index contributed by atoms with van der Waals surface area (Å²) < 4.78 is 0. The molecule has 0 atom stereocenters. The van der Waals surface area contributed by atoms with Crippen LogP contribution in [-0.4, -0.2) is 11.0 Å². The Hall–Kier alpha value is -3.69. The molecule has 4 rings (SSSR count). The molecule has 0 aliphatic carbocycles. The molecule has 0 fully saturated rings. The Morgan fingerprint density at radius 2 is 1.20 bits per heavy atom. The number of carbonyl (C=O) groups excluding carboxylic acids is 1. The number of hydrogen-bond donors (Lipinski definition) is 2. The van der Waals surface area contributed by atoms with E-state index in [1.807, 2.05) is 104 Å². The third-order valence-corrected chi connectivity index (χ3v) is 5.26. The van der Waals surface area contributed by atoms with Crippen molar-refractivity contribution in [1.29, 1.82) is 0 Å². The van der Waals surface area contributed by atoms with E-state index in [0.717, 1.165) is 16.7 Å². The molecule has 0 aliphatic rings. The van der Waals surface area contributed by atoms with Crippen molar-refractivity contribution in [3.63, 3.8) is 0 Å². The second-order valence-electron chi connectivity index (χ2n) is 7.31. The number of aryl methyl sites for hydroxylation is 1. The third-order valence-electron chi connectivity index (χ3n) is 5.26. The lowest BCUT2D eigenvalue weighted by molar-refractivity contribution is 0.102. The Bertz CT molecular complexity index is 1100. The molecule has 2 N–H and O–H groups in total. The minimum Gasteiger partial charge on any atom is -0.376 e. The zero-order chi connectivity index (χ0) is 21.0. The van der Waals surface area contributed by atoms with Crippen molar-refractivity contribution in [3.05, 3.63) is 137 Å². The van der Waals surface area contributed by atoms with Crippen molar-refractivity contribution in [2.75, 3.05) is 5.32 Å². The molecule has 0 aliphatic heterocycles. The number of carbonyl (C=O) groups is 1. The van der Waals surface area contributed by atoms with Crippen LogP contribution in [-0.2, 0) is 5.60 Å². The quantitative estimate of drug-likeness (QED) is 0.438. The van der Waals surface area contributed by atoms with Crippen LogP contribution in [0.1, 0.15) is 32.6 Å². The molecule has 0 heterocycles. The normalized spacial score (nSPS) is 11.1. The molecule has 4 aromatic rings. The van der Waals surface area contributed by atoms with Crippen LogP contribution in [0, 0.1) is 6.92 Å². The fourth-order valence-electron chi connectivity index (χ4n) is 3.64. The van der Waals surface area contributed by atoms with Gasteiger partial charge in [0.2, 0.25) is 0 Å². The molecule has 0 saturated carbocycles. The molecule has 1 amide bonds. The Morgan fingerprint density at radius 1 is 0.700 bits per heavy atom. The van der Waals surface area contributed by atoms with Gasteiger partial charge in [0.15, 0.2) is 0 Å². The van der Waals surface area contributed by atoms with Crippen LogP contribution in [0.4, 0.5) is 5.69 Å². The van der Waals surface area contributed by atoms with Gasteiger partial charge >= 0.3 is 0 Å². The van der Waals surface area contributed by atoms with Crippen molar-refractivity contribution >= 4 is 11.6 Å². The van der Waals surface area contributed by atoms with Gasteiger partial charge in [0, 0.05) is 16.8 Å². The van der Waals surface area contributed by atoms with Crippen LogP contribution in [0.3, 0.4) is 0 Å². The van der Waals surface area contributed by atoms with E-state index in [-0.39, 0.29) is 5.91 Å². The minimum absolute atomic E-state index is 0.217. The minimum atomic E-state index is -1.42. The molecule has 0 radical (unpaired) electrons. The second-order valence-corrected chi connectivity index (χ2v) is 7.31. The highest BCUT2D eigenvalue weighted by atomic mass is 16.3. The molecule has 0 aromatic heterocycles. The average molecular weight is 393 g/mol. The maximum Gasteiger partial charge on any atom is 0.255 e. The highest BCUT2D eigenvalue weighted by Crippen LogP contribution is 2.40. The molecule has 0 spiro atoms. The molecule has 0 saturated heterocycles. The zero-order valence-corrected chi connectivity index (χ0v) is 16.7. The standard InChI is InChI=1S/C27H23NO2/c1-20-16-18-21(19-17-20)26(29)28-25-15-9-8-14-24(25)27(30,22-10-4-2-5-11-22)23-12-6-3-7-13-23/h2-19,30H,1H3,(H,28,29). The van der Waals surface area contributed by atoms with Crippen LogP contribution in [0.25, 0.3) is 0 Å². The summed E-state index contributed by atoms with van der Waals surface area (Å²) in [6.07, 6.45) is 0.